The number of hydrogen-bond donors (Lipinski definition) is 0. The quantitative estimate of drug-likeness (QED) is 0.461. The molecule has 2 aliphatic rings. The van der Waals surface area contributed by atoms with Gasteiger partial charge in [-0.05, 0) is 0 Å². The van der Waals surface area contributed by atoms with Crippen LogP contribution in [-0.4, -0.2) is 6.88 Å². The van der Waals surface area contributed by atoms with Gasteiger partial charge in [-0.15, -0.1) is 0 Å². The van der Waals surface area contributed by atoms with Crippen LogP contribution in [0, 0.1) is 11.8 Å². The van der Waals surface area contributed by atoms with Crippen molar-refractivity contribution in [2.45, 2.75) is 59.5 Å². The van der Waals surface area contributed by atoms with Gasteiger partial charge < -0.3 is 0 Å². The zero-order valence-electron chi connectivity index (χ0n) is 18.5. The van der Waals surface area contributed by atoms with E-state index in [4.69, 9.17) is 0 Å². The molecule has 0 saturated heterocycles. The van der Waals surface area contributed by atoms with E-state index in [1.165, 1.54) is 9.69 Å². The van der Waals surface area contributed by atoms with Crippen LogP contribution in [0.5, 0.6) is 0 Å². The van der Waals surface area contributed by atoms with Crippen molar-refractivity contribution in [3.63, 3.8) is 0 Å². The van der Waals surface area contributed by atoms with E-state index < -0.39 is 18.9 Å². The second-order valence-electron chi connectivity index (χ2n) is 8.88. The van der Waals surface area contributed by atoms with E-state index in [0.717, 1.165) is 0 Å². The van der Waals surface area contributed by atoms with Crippen molar-refractivity contribution < 1.29 is 18.9 Å². The van der Waals surface area contributed by atoms with Crippen LogP contribution in [0.25, 0.3) is 0 Å². The van der Waals surface area contributed by atoms with E-state index in [0.29, 0.717) is 11.8 Å². The molecule has 1 aromatic carbocycles. The molecule has 0 radical (unpaired) electrons. The summed E-state index contributed by atoms with van der Waals surface area (Å²) in [5.41, 5.74) is 11.1. The molecule has 2 aliphatic carbocycles. The van der Waals surface area contributed by atoms with Gasteiger partial charge in [-0.25, -0.2) is 0 Å². The van der Waals surface area contributed by atoms with E-state index in [1.807, 2.05) is 6.56 Å². The molecule has 0 aliphatic heterocycles. The Balaban J connectivity index is 2.23. The zero-order chi connectivity index (χ0) is 20.1. The fraction of sp³-hybridized carbons (Fsp3) is 0.440. The summed E-state index contributed by atoms with van der Waals surface area (Å²) in [4.78, 5) is 0. The summed E-state index contributed by atoms with van der Waals surface area (Å²) >= 11 is -2.82. The Morgan fingerprint density at radius 3 is 1.44 bits per heavy atom. The Bertz CT molecular complexity index is 897. The molecule has 0 bridgehead atoms. The fourth-order valence-corrected chi connectivity index (χ4v) is 27.6. The molecular weight excluding hydrogens is 420 g/mol. The summed E-state index contributed by atoms with van der Waals surface area (Å²) in [7, 11) is 0. The van der Waals surface area contributed by atoms with Crippen molar-refractivity contribution in [2.24, 2.45) is 11.8 Å². The number of rotatable bonds is 4. The molecule has 0 heterocycles. The van der Waals surface area contributed by atoms with E-state index in [9.17, 15) is 0 Å². The molecule has 0 aromatic heterocycles. The molecule has 0 nitrogen and oxygen atoms in total. The van der Waals surface area contributed by atoms with Crippen LogP contribution in [-0.2, 0) is 23.0 Å². The summed E-state index contributed by atoms with van der Waals surface area (Å²) in [5.74, 6) is 1.24. The third-order valence-corrected chi connectivity index (χ3v) is 25.2. The van der Waals surface area contributed by atoms with Gasteiger partial charge in [0.2, 0.25) is 0 Å². The molecule has 0 saturated carbocycles. The standard InChI is InChI=1S/2C9H13.C7H7.H2Si.Zr/c2*1-6-5-7(2)9(4)8(6)3;1-7-5-3-2-4-6-7;;/h2*6H,1-4H3;2-6H,1H2;1H2;. The summed E-state index contributed by atoms with van der Waals surface area (Å²) in [5, 5.41) is 0. The van der Waals surface area contributed by atoms with Crippen molar-refractivity contribution in [1.29, 1.82) is 0 Å². The monoisotopic (exact) mass is 453 g/mol. The maximum absolute atomic E-state index is 2.82. The predicted molar refractivity (Wildman–Crippen MR) is 119 cm³/mol. The summed E-state index contributed by atoms with van der Waals surface area (Å²) in [6.07, 6.45) is 0. The van der Waals surface area contributed by atoms with Crippen LogP contribution in [0.15, 0.2) is 70.3 Å². The fourth-order valence-electron chi connectivity index (χ4n) is 5.55. The van der Waals surface area contributed by atoms with Gasteiger partial charge in [0.25, 0.3) is 0 Å². The first kappa shape index (κ1) is 21.0. The van der Waals surface area contributed by atoms with Gasteiger partial charge in [-0.3, -0.25) is 0 Å². The Morgan fingerprint density at radius 2 is 1.11 bits per heavy atom. The van der Waals surface area contributed by atoms with Gasteiger partial charge in [-0.2, -0.15) is 0 Å². The Morgan fingerprint density at radius 1 is 0.704 bits per heavy atom. The Hall–Kier alpha value is -0.720. The van der Waals surface area contributed by atoms with Crippen LogP contribution in [0.2, 0.25) is 0 Å². The molecule has 27 heavy (non-hydrogen) atoms. The van der Waals surface area contributed by atoms with E-state index >= 15 is 0 Å². The third kappa shape index (κ3) is 3.32. The van der Waals surface area contributed by atoms with Gasteiger partial charge in [-0.1, -0.05) is 0 Å². The second kappa shape index (κ2) is 7.60. The molecule has 143 valence electrons. The summed E-state index contributed by atoms with van der Waals surface area (Å²) < 4.78 is 5.03. The van der Waals surface area contributed by atoms with Crippen LogP contribution in [0.1, 0.15) is 61.0 Å². The first-order chi connectivity index (χ1) is 12.6. The molecule has 0 fully saturated rings. The zero-order valence-corrected chi connectivity index (χ0v) is 22.3. The molecule has 2 unspecified atom stereocenters. The predicted octanol–water partition coefficient (Wildman–Crippen LogP) is 6.41. The minimum atomic E-state index is -2.82. The summed E-state index contributed by atoms with van der Waals surface area (Å²) in [6.45, 7) is 21.6. The van der Waals surface area contributed by atoms with Gasteiger partial charge in [0.15, 0.2) is 0 Å². The summed E-state index contributed by atoms with van der Waals surface area (Å²) in [6, 6.07) is 11.3. The van der Waals surface area contributed by atoms with Gasteiger partial charge in [0.05, 0.1) is 0 Å². The van der Waals surface area contributed by atoms with Crippen molar-refractivity contribution in [2.75, 3.05) is 0 Å². The molecule has 2 atom stereocenters. The van der Waals surface area contributed by atoms with Crippen molar-refractivity contribution in [1.82, 2.24) is 0 Å². The minimum absolute atomic E-state index is 0.621. The first-order valence-corrected chi connectivity index (χ1v) is 20.4. The van der Waals surface area contributed by atoms with Crippen LogP contribution in [0.4, 0.5) is 0 Å². The van der Waals surface area contributed by atoms with E-state index in [1.54, 1.807) is 33.4 Å². The van der Waals surface area contributed by atoms with E-state index in [-0.39, 0.29) is 0 Å². The van der Waals surface area contributed by atoms with Crippen molar-refractivity contribution in [3.8, 4) is 0 Å². The molecule has 1 aromatic rings. The Labute approximate surface area is 172 Å². The first-order valence-electron chi connectivity index (χ1n) is 10.3. The number of hydrogen-bond acceptors (Lipinski definition) is 0. The van der Waals surface area contributed by atoms with Gasteiger partial charge >= 0.3 is 173 Å². The van der Waals surface area contributed by atoms with Gasteiger partial charge in [0.1, 0.15) is 0 Å². The topological polar surface area (TPSA) is 0 Å². The Kier molecular flexibility index (Phi) is 5.91. The van der Waals surface area contributed by atoms with Crippen LogP contribution in [0.3, 0.4) is 0 Å². The average Bonchev–Trinajstić information content (AvgIpc) is 2.96. The third-order valence-electron chi connectivity index (χ3n) is 7.66. The SMILES string of the molecule is CC1=C(C)C(C)[C]([Zr](=[SiH2])([CH2]c2ccccc2)[C]2=C(C)C(C)=C(C)C2C)=C1C. The number of allylic oxidation sites excluding steroid dienone is 8. The molecule has 3 rings (SSSR count). The van der Waals surface area contributed by atoms with Crippen LogP contribution < -0.4 is 0 Å². The van der Waals surface area contributed by atoms with Crippen molar-refractivity contribution in [3.05, 3.63) is 75.9 Å². The number of benzene rings is 1. The van der Waals surface area contributed by atoms with Crippen molar-refractivity contribution >= 4 is 6.88 Å². The van der Waals surface area contributed by atoms with E-state index in [2.05, 4.69) is 92.6 Å². The second-order valence-corrected chi connectivity index (χ2v) is 24.9. The maximum atomic E-state index is 2.47. The van der Waals surface area contributed by atoms with Gasteiger partial charge in [0, 0.05) is 0 Å². The molecule has 0 spiro atoms. The van der Waals surface area contributed by atoms with Crippen LogP contribution >= 0.6 is 0 Å². The molecule has 0 amide bonds. The normalized spacial score (nSPS) is 25.8. The molecule has 0 N–H and O–H groups in total. The molecular formula is C25H35SiZr. The average molecular weight is 455 g/mol. The molecule has 2 heteroatoms.